The molecule has 0 N–H and O–H groups in total. The molecule has 2 aromatic carbocycles. The average Bonchev–Trinajstić information content (AvgIpc) is 2.95. The molecule has 0 heterocycles. The Balaban J connectivity index is 1.86. The van der Waals surface area contributed by atoms with E-state index >= 15 is 0 Å². The number of ketones is 2. The van der Waals surface area contributed by atoms with E-state index in [4.69, 9.17) is 0 Å². The first-order chi connectivity index (χ1) is 10.7. The second kappa shape index (κ2) is 6.52. The molecule has 22 heavy (non-hydrogen) atoms. The van der Waals surface area contributed by atoms with Gasteiger partial charge in [-0.2, -0.15) is 0 Å². The second-order valence-electron chi connectivity index (χ2n) is 5.61. The molecule has 1 aliphatic rings. The fourth-order valence-corrected chi connectivity index (χ4v) is 2.81. The van der Waals surface area contributed by atoms with Crippen LogP contribution in [0.4, 0.5) is 0 Å². The fourth-order valence-electron chi connectivity index (χ4n) is 2.81. The van der Waals surface area contributed by atoms with Crippen molar-refractivity contribution in [2.24, 2.45) is 0 Å². The van der Waals surface area contributed by atoms with Gasteiger partial charge in [-0.15, -0.1) is 0 Å². The summed E-state index contributed by atoms with van der Waals surface area (Å²) in [5.74, 6) is 0.341. The summed E-state index contributed by atoms with van der Waals surface area (Å²) in [6.07, 6.45) is 4.76. The van der Waals surface area contributed by atoms with Crippen LogP contribution in [0.3, 0.4) is 0 Å². The highest BCUT2D eigenvalue weighted by molar-refractivity contribution is 6.02. The lowest BCUT2D eigenvalue weighted by molar-refractivity contribution is -0.114. The van der Waals surface area contributed by atoms with E-state index in [1.807, 2.05) is 60.7 Å². The van der Waals surface area contributed by atoms with E-state index in [9.17, 15) is 9.59 Å². The average molecular weight is 290 g/mol. The summed E-state index contributed by atoms with van der Waals surface area (Å²) in [6, 6.07) is 17.2. The molecular weight excluding hydrogens is 272 g/mol. The normalized spacial score (nSPS) is 16.2. The Hall–Kier alpha value is -2.48. The van der Waals surface area contributed by atoms with Gasteiger partial charge >= 0.3 is 0 Å². The number of benzene rings is 2. The Labute approximate surface area is 130 Å². The van der Waals surface area contributed by atoms with E-state index in [0.717, 1.165) is 35.1 Å². The van der Waals surface area contributed by atoms with Crippen LogP contribution in [0.15, 0.2) is 60.2 Å². The van der Waals surface area contributed by atoms with E-state index in [1.54, 1.807) is 0 Å². The summed E-state index contributed by atoms with van der Waals surface area (Å²) < 4.78 is 0. The lowest BCUT2D eigenvalue weighted by Gasteiger charge is -2.07. The number of carbonyl (C=O) groups excluding carboxylic acids is 2. The van der Waals surface area contributed by atoms with Crippen LogP contribution in [-0.4, -0.2) is 11.6 Å². The van der Waals surface area contributed by atoms with Crippen molar-refractivity contribution in [2.75, 3.05) is 0 Å². The first kappa shape index (κ1) is 14.5. The Bertz CT molecular complexity index is 726. The smallest absolute Gasteiger partial charge is 0.167 e. The minimum absolute atomic E-state index is 0.101. The van der Waals surface area contributed by atoms with E-state index < -0.39 is 0 Å². The largest absolute Gasteiger partial charge is 0.295 e. The van der Waals surface area contributed by atoms with Gasteiger partial charge in [0.15, 0.2) is 11.6 Å². The molecule has 1 fully saturated rings. The van der Waals surface area contributed by atoms with Crippen molar-refractivity contribution in [1.29, 1.82) is 0 Å². The van der Waals surface area contributed by atoms with Crippen LogP contribution in [0.25, 0.3) is 6.08 Å². The highest BCUT2D eigenvalue weighted by atomic mass is 16.1. The maximum Gasteiger partial charge on any atom is 0.167 e. The molecule has 0 bridgehead atoms. The lowest BCUT2D eigenvalue weighted by Crippen LogP contribution is -2.05. The van der Waals surface area contributed by atoms with Gasteiger partial charge < -0.3 is 0 Å². The molecule has 0 spiro atoms. The van der Waals surface area contributed by atoms with Crippen molar-refractivity contribution in [1.82, 2.24) is 0 Å². The van der Waals surface area contributed by atoms with E-state index in [0.29, 0.717) is 12.8 Å². The van der Waals surface area contributed by atoms with E-state index in [1.165, 1.54) is 0 Å². The van der Waals surface area contributed by atoms with Crippen molar-refractivity contribution in [3.63, 3.8) is 0 Å². The first-order valence-electron chi connectivity index (χ1n) is 7.64. The maximum absolute atomic E-state index is 12.4. The first-order valence-corrected chi connectivity index (χ1v) is 7.64. The van der Waals surface area contributed by atoms with Gasteiger partial charge in [-0.3, -0.25) is 9.59 Å². The van der Waals surface area contributed by atoms with Gasteiger partial charge in [-0.25, -0.2) is 0 Å². The monoisotopic (exact) mass is 290 g/mol. The molecule has 0 saturated heterocycles. The zero-order valence-corrected chi connectivity index (χ0v) is 12.4. The minimum Gasteiger partial charge on any atom is -0.295 e. The summed E-state index contributed by atoms with van der Waals surface area (Å²) in [7, 11) is 0. The van der Waals surface area contributed by atoms with E-state index in [2.05, 4.69) is 0 Å². The molecule has 2 aromatic rings. The standard InChI is InChI=1S/C20H18O2/c21-19-12-6-11-18(19)13-16-9-4-5-10-17(16)14-20(22)15-7-2-1-3-8-15/h1-5,7-10,13H,6,11-12,14H2/b18-13+. The number of allylic oxidation sites excluding steroid dienone is 1. The summed E-state index contributed by atoms with van der Waals surface area (Å²) >= 11 is 0. The van der Waals surface area contributed by atoms with Crippen molar-refractivity contribution in [3.8, 4) is 0 Å². The number of rotatable bonds is 4. The highest BCUT2D eigenvalue weighted by Crippen LogP contribution is 2.24. The molecule has 0 radical (unpaired) electrons. The van der Waals surface area contributed by atoms with Crippen LogP contribution >= 0.6 is 0 Å². The van der Waals surface area contributed by atoms with Gasteiger partial charge in [-0.05, 0) is 35.6 Å². The topological polar surface area (TPSA) is 34.1 Å². The zero-order chi connectivity index (χ0) is 15.4. The number of hydrogen-bond acceptors (Lipinski definition) is 2. The predicted molar refractivity (Wildman–Crippen MR) is 87.8 cm³/mol. The fraction of sp³-hybridized carbons (Fsp3) is 0.200. The number of Topliss-reactive ketones (excluding diaryl/α,β-unsaturated/α-hetero) is 2. The Morgan fingerprint density at radius 2 is 1.68 bits per heavy atom. The molecular formula is C20H18O2. The predicted octanol–water partition coefficient (Wildman–Crippen LogP) is 4.25. The van der Waals surface area contributed by atoms with Gasteiger partial charge in [0.05, 0.1) is 0 Å². The molecule has 0 unspecified atom stereocenters. The maximum atomic E-state index is 12.4. The number of carbonyl (C=O) groups is 2. The molecule has 2 nitrogen and oxygen atoms in total. The van der Waals surface area contributed by atoms with Crippen molar-refractivity contribution < 1.29 is 9.59 Å². The Morgan fingerprint density at radius 3 is 2.41 bits per heavy atom. The third-order valence-corrected chi connectivity index (χ3v) is 4.04. The molecule has 3 rings (SSSR count). The Kier molecular flexibility index (Phi) is 4.29. The molecule has 1 saturated carbocycles. The van der Waals surface area contributed by atoms with Crippen LogP contribution in [0.1, 0.15) is 40.7 Å². The molecule has 110 valence electrons. The highest BCUT2D eigenvalue weighted by Gasteiger charge is 2.17. The lowest BCUT2D eigenvalue weighted by atomic mass is 9.97. The molecule has 0 aromatic heterocycles. The minimum atomic E-state index is 0.101. The van der Waals surface area contributed by atoms with Crippen LogP contribution in [0.5, 0.6) is 0 Å². The van der Waals surface area contributed by atoms with Crippen LogP contribution < -0.4 is 0 Å². The summed E-state index contributed by atoms with van der Waals surface area (Å²) in [5.41, 5.74) is 3.57. The second-order valence-corrected chi connectivity index (χ2v) is 5.61. The quantitative estimate of drug-likeness (QED) is 0.623. The SMILES string of the molecule is O=C1CCC/C1=C\c1ccccc1CC(=O)c1ccccc1. The summed E-state index contributed by atoms with van der Waals surface area (Å²) in [5, 5.41) is 0. The van der Waals surface area contributed by atoms with Crippen LogP contribution in [-0.2, 0) is 11.2 Å². The van der Waals surface area contributed by atoms with Crippen molar-refractivity contribution in [3.05, 3.63) is 76.9 Å². The third-order valence-electron chi connectivity index (χ3n) is 4.04. The van der Waals surface area contributed by atoms with Gasteiger partial charge in [0.25, 0.3) is 0 Å². The number of hydrogen-bond donors (Lipinski definition) is 0. The zero-order valence-electron chi connectivity index (χ0n) is 12.4. The van der Waals surface area contributed by atoms with E-state index in [-0.39, 0.29) is 11.6 Å². The van der Waals surface area contributed by atoms with Gasteiger partial charge in [0, 0.05) is 18.4 Å². The van der Waals surface area contributed by atoms with Crippen LogP contribution in [0.2, 0.25) is 0 Å². The van der Waals surface area contributed by atoms with Gasteiger partial charge in [-0.1, -0.05) is 54.6 Å². The van der Waals surface area contributed by atoms with Crippen molar-refractivity contribution >= 4 is 17.6 Å². The van der Waals surface area contributed by atoms with Gasteiger partial charge in [0.2, 0.25) is 0 Å². The summed E-state index contributed by atoms with van der Waals surface area (Å²) in [6.45, 7) is 0. The van der Waals surface area contributed by atoms with Crippen LogP contribution in [0, 0.1) is 0 Å². The molecule has 0 amide bonds. The Morgan fingerprint density at radius 1 is 0.955 bits per heavy atom. The molecule has 1 aliphatic carbocycles. The summed E-state index contributed by atoms with van der Waals surface area (Å²) in [4.78, 5) is 24.2. The van der Waals surface area contributed by atoms with Crippen molar-refractivity contribution in [2.45, 2.75) is 25.7 Å². The molecule has 2 heteroatoms. The molecule has 0 aliphatic heterocycles. The van der Waals surface area contributed by atoms with Gasteiger partial charge in [0.1, 0.15) is 0 Å². The molecule has 0 atom stereocenters. The third kappa shape index (κ3) is 3.22.